The summed E-state index contributed by atoms with van der Waals surface area (Å²) in [5.41, 5.74) is 8.09. The average Bonchev–Trinajstić information content (AvgIpc) is 2.67. The number of nitrogens with two attached hydrogens (primary N) is 1. The number of imidazole rings is 1. The quantitative estimate of drug-likeness (QED) is 0.836. The molecule has 17 heavy (non-hydrogen) atoms. The van der Waals surface area contributed by atoms with Crippen LogP contribution < -0.4 is 11.4 Å². The van der Waals surface area contributed by atoms with Crippen LogP contribution in [0.5, 0.6) is 0 Å². The van der Waals surface area contributed by atoms with Gasteiger partial charge < -0.3 is 10.7 Å². The van der Waals surface area contributed by atoms with E-state index in [-0.39, 0.29) is 5.69 Å². The maximum atomic E-state index is 11.6. The Balaban J connectivity index is 2.36. The van der Waals surface area contributed by atoms with E-state index in [0.717, 1.165) is 16.9 Å². The van der Waals surface area contributed by atoms with Crippen LogP contribution in [-0.2, 0) is 0 Å². The first kappa shape index (κ1) is 11.4. The van der Waals surface area contributed by atoms with Gasteiger partial charge in [-0.3, -0.25) is 4.57 Å². The van der Waals surface area contributed by atoms with E-state index in [9.17, 15) is 4.79 Å². The van der Waals surface area contributed by atoms with Gasteiger partial charge in [-0.25, -0.2) is 4.79 Å². The van der Waals surface area contributed by atoms with Gasteiger partial charge in [0.15, 0.2) is 0 Å². The number of aryl methyl sites for hydroxylation is 1. The zero-order chi connectivity index (χ0) is 12.3. The number of H-pyrrole nitrogens is 1. The van der Waals surface area contributed by atoms with Crippen LogP contribution in [0.4, 0.5) is 0 Å². The number of hydrogen-bond acceptors (Lipinski definition) is 2. The molecule has 0 radical (unpaired) electrons. The lowest BCUT2D eigenvalue weighted by molar-refractivity contribution is 0.949. The minimum atomic E-state index is -0.118. The number of nitrogens with one attached hydrogen (secondary N) is 1. The van der Waals surface area contributed by atoms with Gasteiger partial charge in [0, 0.05) is 18.4 Å². The molecule has 2 aromatic rings. The molecule has 2 rings (SSSR count). The van der Waals surface area contributed by atoms with Crippen LogP contribution in [0.2, 0.25) is 0 Å². The Morgan fingerprint density at radius 3 is 2.59 bits per heavy atom. The van der Waals surface area contributed by atoms with Crippen molar-refractivity contribution < 1.29 is 0 Å². The molecule has 0 aliphatic carbocycles. The fourth-order valence-corrected chi connectivity index (χ4v) is 1.71. The van der Waals surface area contributed by atoms with Crippen LogP contribution in [0.15, 0.2) is 41.3 Å². The Labute approximate surface area is 99.4 Å². The van der Waals surface area contributed by atoms with Gasteiger partial charge in [0.05, 0.1) is 5.69 Å². The molecule has 0 unspecified atom stereocenters. The summed E-state index contributed by atoms with van der Waals surface area (Å²) >= 11 is 0. The lowest BCUT2D eigenvalue weighted by atomic mass is 10.2. The molecule has 0 saturated carbocycles. The van der Waals surface area contributed by atoms with Crippen molar-refractivity contribution in [3.05, 3.63) is 58.3 Å². The highest BCUT2D eigenvalue weighted by Gasteiger charge is 2.03. The van der Waals surface area contributed by atoms with E-state index in [1.54, 1.807) is 10.8 Å². The first-order valence-electron chi connectivity index (χ1n) is 5.46. The normalized spacial score (nSPS) is 11.2. The zero-order valence-electron chi connectivity index (χ0n) is 9.68. The van der Waals surface area contributed by atoms with Crippen LogP contribution >= 0.6 is 0 Å². The topological polar surface area (TPSA) is 63.8 Å². The highest BCUT2D eigenvalue weighted by atomic mass is 16.1. The molecule has 4 heteroatoms. The highest BCUT2D eigenvalue weighted by molar-refractivity contribution is 5.52. The molecular weight excluding hydrogens is 214 g/mol. The predicted molar refractivity (Wildman–Crippen MR) is 69.2 cm³/mol. The Morgan fingerprint density at radius 2 is 2.06 bits per heavy atom. The molecular formula is C13H15N3O. The molecule has 0 aliphatic rings. The van der Waals surface area contributed by atoms with Crippen LogP contribution in [0.25, 0.3) is 11.8 Å². The van der Waals surface area contributed by atoms with Crippen molar-refractivity contribution in [3.8, 4) is 5.69 Å². The molecule has 0 saturated heterocycles. The SMILES string of the molecule is Cc1c[nH]c(=O)n1-c1ccc(/C=C/CN)cc1. The minimum Gasteiger partial charge on any atom is -0.327 e. The average molecular weight is 229 g/mol. The summed E-state index contributed by atoms with van der Waals surface area (Å²) in [7, 11) is 0. The second-order valence-corrected chi connectivity index (χ2v) is 3.80. The third-order valence-electron chi connectivity index (χ3n) is 2.56. The van der Waals surface area contributed by atoms with E-state index >= 15 is 0 Å². The highest BCUT2D eigenvalue weighted by Crippen LogP contribution is 2.10. The van der Waals surface area contributed by atoms with Crippen molar-refractivity contribution in [3.63, 3.8) is 0 Å². The van der Waals surface area contributed by atoms with Crippen LogP contribution in [-0.4, -0.2) is 16.1 Å². The Bertz CT molecular complexity index is 575. The van der Waals surface area contributed by atoms with E-state index in [1.165, 1.54) is 0 Å². The molecule has 1 aromatic heterocycles. The Morgan fingerprint density at radius 1 is 1.35 bits per heavy atom. The molecule has 3 N–H and O–H groups in total. The summed E-state index contributed by atoms with van der Waals surface area (Å²) in [6.07, 6.45) is 5.55. The van der Waals surface area contributed by atoms with Crippen molar-refractivity contribution in [2.24, 2.45) is 5.73 Å². The molecule has 1 heterocycles. The van der Waals surface area contributed by atoms with Crippen molar-refractivity contribution in [2.45, 2.75) is 6.92 Å². The molecule has 88 valence electrons. The fourth-order valence-electron chi connectivity index (χ4n) is 1.71. The molecule has 0 aliphatic heterocycles. The smallest absolute Gasteiger partial charge is 0.327 e. The molecule has 0 bridgehead atoms. The maximum absolute atomic E-state index is 11.6. The van der Waals surface area contributed by atoms with Gasteiger partial charge >= 0.3 is 5.69 Å². The van der Waals surface area contributed by atoms with Gasteiger partial charge in [0.25, 0.3) is 0 Å². The van der Waals surface area contributed by atoms with E-state index < -0.39 is 0 Å². The van der Waals surface area contributed by atoms with Crippen molar-refractivity contribution in [2.75, 3.05) is 6.54 Å². The summed E-state index contributed by atoms with van der Waals surface area (Å²) < 4.78 is 1.64. The number of nitrogens with zero attached hydrogens (tertiary/aromatic N) is 1. The van der Waals surface area contributed by atoms with E-state index in [4.69, 9.17) is 5.73 Å². The van der Waals surface area contributed by atoms with Gasteiger partial charge in [0.2, 0.25) is 0 Å². The number of rotatable bonds is 3. The number of hydrogen-bond donors (Lipinski definition) is 2. The molecule has 1 aromatic carbocycles. The number of benzene rings is 1. The summed E-state index contributed by atoms with van der Waals surface area (Å²) in [6, 6.07) is 7.75. The summed E-state index contributed by atoms with van der Waals surface area (Å²) in [5, 5.41) is 0. The first-order chi connectivity index (χ1) is 8.22. The van der Waals surface area contributed by atoms with E-state index in [2.05, 4.69) is 4.98 Å². The third kappa shape index (κ3) is 2.37. The van der Waals surface area contributed by atoms with Gasteiger partial charge in [0.1, 0.15) is 0 Å². The van der Waals surface area contributed by atoms with Crippen molar-refractivity contribution in [1.29, 1.82) is 0 Å². The second kappa shape index (κ2) is 4.84. The molecule has 4 nitrogen and oxygen atoms in total. The summed E-state index contributed by atoms with van der Waals surface area (Å²) in [5.74, 6) is 0. The minimum absolute atomic E-state index is 0.118. The van der Waals surface area contributed by atoms with E-state index in [1.807, 2.05) is 43.3 Å². The van der Waals surface area contributed by atoms with Crippen molar-refractivity contribution in [1.82, 2.24) is 9.55 Å². The number of aromatic amines is 1. The van der Waals surface area contributed by atoms with Crippen LogP contribution in [0, 0.1) is 6.92 Å². The van der Waals surface area contributed by atoms with Gasteiger partial charge in [-0.1, -0.05) is 24.3 Å². The molecule has 0 fully saturated rings. The summed E-state index contributed by atoms with van der Waals surface area (Å²) in [6.45, 7) is 2.41. The van der Waals surface area contributed by atoms with Crippen molar-refractivity contribution >= 4 is 6.08 Å². The van der Waals surface area contributed by atoms with Crippen LogP contribution in [0.3, 0.4) is 0 Å². The van der Waals surface area contributed by atoms with Gasteiger partial charge in [-0.05, 0) is 24.6 Å². The Kier molecular flexibility index (Phi) is 3.25. The largest absolute Gasteiger partial charge is 0.330 e. The second-order valence-electron chi connectivity index (χ2n) is 3.80. The lowest BCUT2D eigenvalue weighted by Gasteiger charge is -2.04. The first-order valence-corrected chi connectivity index (χ1v) is 5.46. The van der Waals surface area contributed by atoms with Gasteiger partial charge in [-0.2, -0.15) is 0 Å². The van der Waals surface area contributed by atoms with Crippen LogP contribution in [0.1, 0.15) is 11.3 Å². The van der Waals surface area contributed by atoms with E-state index in [0.29, 0.717) is 6.54 Å². The van der Waals surface area contributed by atoms with Gasteiger partial charge in [-0.15, -0.1) is 0 Å². The monoisotopic (exact) mass is 229 g/mol. The molecule has 0 spiro atoms. The maximum Gasteiger partial charge on any atom is 0.330 e. The molecule has 0 atom stereocenters. The Hall–Kier alpha value is -2.07. The lowest BCUT2D eigenvalue weighted by Crippen LogP contribution is -2.15. The fraction of sp³-hybridized carbons (Fsp3) is 0.154. The third-order valence-corrected chi connectivity index (χ3v) is 2.56. The zero-order valence-corrected chi connectivity index (χ0v) is 9.68. The molecule has 0 amide bonds. The predicted octanol–water partition coefficient (Wildman–Crippen LogP) is 1.45. The summed E-state index contributed by atoms with van der Waals surface area (Å²) in [4.78, 5) is 14.2. The number of aromatic nitrogens is 2. The standard InChI is InChI=1S/C13H15N3O/c1-10-9-15-13(17)16(10)12-6-4-11(5-7-12)3-2-8-14/h2-7,9H,8,14H2,1H3,(H,15,17)/b3-2+.